The molecule has 2 N–H and O–H groups in total. The van der Waals surface area contributed by atoms with Crippen molar-refractivity contribution in [2.45, 2.75) is 45.6 Å². The smallest absolute Gasteiger partial charge is 0.0123 e. The summed E-state index contributed by atoms with van der Waals surface area (Å²) in [6.07, 6.45) is 3.42. The van der Waals surface area contributed by atoms with Gasteiger partial charge in [-0.05, 0) is 19.8 Å². The van der Waals surface area contributed by atoms with Crippen molar-refractivity contribution in [1.82, 2.24) is 0 Å². The highest BCUT2D eigenvalue weighted by Crippen LogP contribution is 2.11. The minimum absolute atomic E-state index is 0.0920. The fourth-order valence-corrected chi connectivity index (χ4v) is 0.748. The van der Waals surface area contributed by atoms with Crippen LogP contribution in [0.2, 0.25) is 0 Å². The van der Waals surface area contributed by atoms with Crippen molar-refractivity contribution >= 4 is 0 Å². The van der Waals surface area contributed by atoms with Crippen LogP contribution < -0.4 is 5.73 Å². The van der Waals surface area contributed by atoms with Gasteiger partial charge in [-0.2, -0.15) is 0 Å². The van der Waals surface area contributed by atoms with Gasteiger partial charge in [-0.3, -0.25) is 0 Å². The van der Waals surface area contributed by atoms with E-state index in [2.05, 4.69) is 20.8 Å². The fourth-order valence-electron chi connectivity index (χ4n) is 0.748. The van der Waals surface area contributed by atoms with Crippen LogP contribution in [0.25, 0.3) is 0 Å². The van der Waals surface area contributed by atoms with E-state index in [0.29, 0.717) is 0 Å². The van der Waals surface area contributed by atoms with Gasteiger partial charge in [-0.25, -0.2) is 0 Å². The molecule has 0 aromatic rings. The maximum absolute atomic E-state index is 5.83. The lowest BCUT2D eigenvalue weighted by Crippen LogP contribution is -2.34. The standard InChI is InChI=1S/C7H17N/c1-4-6-7(3,8)5-2/h4-6,8H2,1-3H3/t7-/m1/s1. The van der Waals surface area contributed by atoms with Crippen LogP contribution >= 0.6 is 0 Å². The molecule has 1 nitrogen and oxygen atoms in total. The number of rotatable bonds is 3. The third-order valence-corrected chi connectivity index (χ3v) is 1.63. The van der Waals surface area contributed by atoms with Crippen LogP contribution in [0.15, 0.2) is 0 Å². The van der Waals surface area contributed by atoms with Gasteiger partial charge < -0.3 is 5.73 Å². The van der Waals surface area contributed by atoms with Crippen molar-refractivity contribution in [2.75, 3.05) is 0 Å². The third kappa shape index (κ3) is 3.03. The summed E-state index contributed by atoms with van der Waals surface area (Å²) in [5.74, 6) is 0. The Hall–Kier alpha value is -0.0400. The second-order valence-electron chi connectivity index (χ2n) is 2.76. The second kappa shape index (κ2) is 3.08. The molecule has 50 valence electrons. The van der Waals surface area contributed by atoms with Crippen molar-refractivity contribution in [1.29, 1.82) is 0 Å². The van der Waals surface area contributed by atoms with E-state index < -0.39 is 0 Å². The van der Waals surface area contributed by atoms with E-state index in [1.807, 2.05) is 0 Å². The predicted molar refractivity (Wildman–Crippen MR) is 37.8 cm³/mol. The normalized spacial score (nSPS) is 18.0. The van der Waals surface area contributed by atoms with E-state index in [4.69, 9.17) is 5.73 Å². The average Bonchev–Trinajstić information content (AvgIpc) is 1.67. The Bertz CT molecular complexity index is 57.4. The van der Waals surface area contributed by atoms with Crippen LogP contribution in [0.5, 0.6) is 0 Å². The van der Waals surface area contributed by atoms with Crippen LogP contribution in [0.3, 0.4) is 0 Å². The largest absolute Gasteiger partial charge is 0.325 e. The molecule has 0 saturated carbocycles. The predicted octanol–water partition coefficient (Wildman–Crippen LogP) is 1.91. The molecule has 0 bridgehead atoms. The zero-order valence-electron chi connectivity index (χ0n) is 6.20. The Morgan fingerprint density at radius 3 is 2.00 bits per heavy atom. The summed E-state index contributed by atoms with van der Waals surface area (Å²) in [4.78, 5) is 0. The SMILES string of the molecule is CCC[C@](C)(N)CC. The summed E-state index contributed by atoms with van der Waals surface area (Å²) >= 11 is 0. The summed E-state index contributed by atoms with van der Waals surface area (Å²) in [7, 11) is 0. The Morgan fingerprint density at radius 1 is 1.38 bits per heavy atom. The Balaban J connectivity index is 3.37. The highest BCUT2D eigenvalue weighted by Gasteiger charge is 2.12. The van der Waals surface area contributed by atoms with E-state index in [0.717, 1.165) is 12.8 Å². The summed E-state index contributed by atoms with van der Waals surface area (Å²) in [5.41, 5.74) is 5.92. The average molecular weight is 115 g/mol. The molecule has 1 heteroatoms. The summed E-state index contributed by atoms with van der Waals surface area (Å²) < 4.78 is 0. The molecule has 0 radical (unpaired) electrons. The van der Waals surface area contributed by atoms with Gasteiger partial charge in [0.15, 0.2) is 0 Å². The molecular weight excluding hydrogens is 98.1 g/mol. The quantitative estimate of drug-likeness (QED) is 0.597. The molecule has 0 saturated heterocycles. The molecule has 0 spiro atoms. The van der Waals surface area contributed by atoms with Gasteiger partial charge in [0.2, 0.25) is 0 Å². The summed E-state index contributed by atoms with van der Waals surface area (Å²) in [5, 5.41) is 0. The van der Waals surface area contributed by atoms with Gasteiger partial charge in [-0.15, -0.1) is 0 Å². The first-order chi connectivity index (χ1) is 3.62. The Labute approximate surface area is 52.3 Å². The van der Waals surface area contributed by atoms with Crippen molar-refractivity contribution in [2.24, 2.45) is 5.73 Å². The Kier molecular flexibility index (Phi) is 3.06. The van der Waals surface area contributed by atoms with Gasteiger partial charge in [-0.1, -0.05) is 20.3 Å². The fraction of sp³-hybridized carbons (Fsp3) is 1.00. The molecule has 0 aliphatic rings. The molecule has 8 heavy (non-hydrogen) atoms. The first-order valence-electron chi connectivity index (χ1n) is 3.41. The third-order valence-electron chi connectivity index (χ3n) is 1.63. The molecule has 0 rings (SSSR count). The maximum Gasteiger partial charge on any atom is 0.0123 e. The minimum atomic E-state index is 0.0920. The van der Waals surface area contributed by atoms with Crippen LogP contribution in [0.4, 0.5) is 0 Å². The van der Waals surface area contributed by atoms with Crippen LogP contribution in [-0.4, -0.2) is 5.54 Å². The molecule has 0 heterocycles. The highest BCUT2D eigenvalue weighted by molar-refractivity contribution is 4.74. The van der Waals surface area contributed by atoms with Gasteiger partial charge in [0, 0.05) is 5.54 Å². The van der Waals surface area contributed by atoms with Gasteiger partial charge in [0.25, 0.3) is 0 Å². The topological polar surface area (TPSA) is 26.0 Å². The first kappa shape index (κ1) is 7.96. The highest BCUT2D eigenvalue weighted by atomic mass is 14.7. The molecule has 0 fully saturated rings. The maximum atomic E-state index is 5.83. The zero-order valence-corrected chi connectivity index (χ0v) is 6.20. The van der Waals surface area contributed by atoms with E-state index in [-0.39, 0.29) is 5.54 Å². The van der Waals surface area contributed by atoms with E-state index >= 15 is 0 Å². The van der Waals surface area contributed by atoms with Gasteiger partial charge in [0.05, 0.1) is 0 Å². The van der Waals surface area contributed by atoms with Crippen molar-refractivity contribution < 1.29 is 0 Å². The monoisotopic (exact) mass is 115 g/mol. The van der Waals surface area contributed by atoms with Crippen LogP contribution in [0.1, 0.15) is 40.0 Å². The van der Waals surface area contributed by atoms with E-state index in [1.165, 1.54) is 6.42 Å². The lowest BCUT2D eigenvalue weighted by Gasteiger charge is -2.20. The van der Waals surface area contributed by atoms with E-state index in [1.54, 1.807) is 0 Å². The van der Waals surface area contributed by atoms with Gasteiger partial charge >= 0.3 is 0 Å². The second-order valence-corrected chi connectivity index (χ2v) is 2.76. The Morgan fingerprint density at radius 2 is 1.88 bits per heavy atom. The number of hydrogen-bond acceptors (Lipinski definition) is 1. The van der Waals surface area contributed by atoms with E-state index in [9.17, 15) is 0 Å². The zero-order chi connectivity index (χ0) is 6.62. The van der Waals surface area contributed by atoms with Crippen molar-refractivity contribution in [3.8, 4) is 0 Å². The van der Waals surface area contributed by atoms with Crippen LogP contribution in [-0.2, 0) is 0 Å². The first-order valence-corrected chi connectivity index (χ1v) is 3.41. The lowest BCUT2D eigenvalue weighted by molar-refractivity contribution is 0.414. The molecule has 0 aliphatic carbocycles. The number of nitrogens with two attached hydrogens (primary N) is 1. The molecule has 0 unspecified atom stereocenters. The summed E-state index contributed by atoms with van der Waals surface area (Å²) in [6, 6.07) is 0. The van der Waals surface area contributed by atoms with Gasteiger partial charge in [0.1, 0.15) is 0 Å². The number of hydrogen-bond donors (Lipinski definition) is 1. The molecule has 0 aliphatic heterocycles. The van der Waals surface area contributed by atoms with Crippen LogP contribution in [0, 0.1) is 0 Å². The molecule has 0 amide bonds. The van der Waals surface area contributed by atoms with Crippen molar-refractivity contribution in [3.05, 3.63) is 0 Å². The lowest BCUT2D eigenvalue weighted by atomic mass is 9.95. The van der Waals surface area contributed by atoms with Crippen molar-refractivity contribution in [3.63, 3.8) is 0 Å². The summed E-state index contributed by atoms with van der Waals surface area (Å²) in [6.45, 7) is 6.41. The molecule has 1 atom stereocenters. The molecule has 0 aromatic heterocycles. The molecule has 0 aromatic carbocycles. The minimum Gasteiger partial charge on any atom is -0.325 e. The molecular formula is C7H17N.